The first-order valence-electron chi connectivity index (χ1n) is 12.3. The summed E-state index contributed by atoms with van der Waals surface area (Å²) in [6.45, 7) is 2.09. The van der Waals surface area contributed by atoms with Gasteiger partial charge < -0.3 is 9.63 Å². The third kappa shape index (κ3) is 6.89. The van der Waals surface area contributed by atoms with Gasteiger partial charge in [0, 0.05) is 76.7 Å². The van der Waals surface area contributed by atoms with Gasteiger partial charge in [-0.25, -0.2) is 14.3 Å². The Labute approximate surface area is 280 Å². The molecule has 0 fully saturated rings. The van der Waals surface area contributed by atoms with Crippen molar-refractivity contribution >= 4 is 76.7 Å². The van der Waals surface area contributed by atoms with Crippen molar-refractivity contribution in [1.82, 2.24) is 19.9 Å². The number of aromatic carboxylic acids is 1. The van der Waals surface area contributed by atoms with Crippen molar-refractivity contribution in [3.63, 3.8) is 0 Å². The van der Waals surface area contributed by atoms with Gasteiger partial charge in [-0.05, 0) is 41.7 Å². The molecule has 2 aromatic heterocycles. The summed E-state index contributed by atoms with van der Waals surface area (Å²) in [6.07, 6.45) is 2.94. The Kier molecular flexibility index (Phi) is 11.6. The molecular weight excluding hydrogens is 550 g/mol. The molecule has 0 bridgehead atoms. The van der Waals surface area contributed by atoms with E-state index in [2.05, 4.69) is 17.1 Å². The number of aromatic nitrogens is 4. The molecule has 0 aliphatic carbocycles. The minimum absolute atomic E-state index is 0. The molecule has 3 aromatic carbocycles. The van der Waals surface area contributed by atoms with Gasteiger partial charge in [0.15, 0.2) is 11.5 Å². The smallest absolute Gasteiger partial charge is 0.460 e. The van der Waals surface area contributed by atoms with Crippen LogP contribution in [0.4, 0.5) is 0 Å². The van der Waals surface area contributed by atoms with E-state index >= 15 is 0 Å². The van der Waals surface area contributed by atoms with E-state index in [0.29, 0.717) is 34.9 Å². The van der Waals surface area contributed by atoms with Crippen LogP contribution in [0.25, 0.3) is 28.2 Å². The zero-order valence-electron chi connectivity index (χ0n) is 22.6. The second-order valence-electron chi connectivity index (χ2n) is 8.90. The van der Waals surface area contributed by atoms with Gasteiger partial charge >= 0.3 is 11.7 Å². The minimum Gasteiger partial charge on any atom is -0.476 e. The van der Waals surface area contributed by atoms with Gasteiger partial charge in [-0.3, -0.25) is 0 Å². The fourth-order valence-electron chi connectivity index (χ4n) is 4.54. The molecular formula is C29H25ClN4Na2O4. The first-order chi connectivity index (χ1) is 18.5. The normalized spacial score (nSPS) is 10.6. The molecule has 2 heterocycles. The van der Waals surface area contributed by atoms with Crippen molar-refractivity contribution in [2.24, 2.45) is 0 Å². The zero-order chi connectivity index (χ0) is 26.6. The largest absolute Gasteiger partial charge is 0.476 e. The van der Waals surface area contributed by atoms with E-state index in [0.717, 1.165) is 40.8 Å². The number of carboxylic acids is 1. The van der Waals surface area contributed by atoms with Crippen molar-refractivity contribution in [3.8, 4) is 28.2 Å². The number of hydrogen-bond donors (Lipinski definition) is 2. The van der Waals surface area contributed by atoms with Crippen molar-refractivity contribution in [3.05, 3.63) is 111 Å². The number of carboxylic acid groups (broad SMARTS) is 1. The van der Waals surface area contributed by atoms with Gasteiger partial charge in [-0.15, -0.1) is 0 Å². The number of benzene rings is 3. The topological polar surface area (TPSA) is 114 Å². The van der Waals surface area contributed by atoms with Gasteiger partial charge in [0.1, 0.15) is 0 Å². The third-order valence-corrected chi connectivity index (χ3v) is 6.70. The summed E-state index contributed by atoms with van der Waals surface area (Å²) in [5.41, 5.74) is 5.58. The molecule has 194 valence electrons. The second-order valence-corrected chi connectivity index (χ2v) is 9.30. The number of para-hydroxylation sites is 1. The SMILES string of the molecule is CCCCc1nn(-c2ccccc2Cl)c(C(=O)O)c1Cc1ccc(-c2ccccc2-c2nc(=O)o[nH]2)cc1.[Na].[Na]. The average molecular weight is 575 g/mol. The van der Waals surface area contributed by atoms with Crippen LogP contribution in [0.1, 0.15) is 47.1 Å². The summed E-state index contributed by atoms with van der Waals surface area (Å²) in [5.74, 6) is -1.38. The van der Waals surface area contributed by atoms with Crippen molar-refractivity contribution < 1.29 is 14.4 Å². The predicted molar refractivity (Wildman–Crippen MR) is 156 cm³/mol. The molecule has 0 saturated heterocycles. The zero-order valence-corrected chi connectivity index (χ0v) is 27.4. The number of aryl methyl sites for hydroxylation is 1. The van der Waals surface area contributed by atoms with E-state index in [1.165, 1.54) is 4.68 Å². The molecule has 0 amide bonds. The molecule has 0 aliphatic rings. The number of nitrogens with one attached hydrogen (secondary N) is 1. The summed E-state index contributed by atoms with van der Waals surface area (Å²) >= 11 is 6.41. The van der Waals surface area contributed by atoms with Gasteiger partial charge in [0.05, 0.1) is 16.4 Å². The Balaban J connectivity index is 0.00000220. The predicted octanol–water partition coefficient (Wildman–Crippen LogP) is 5.41. The Hall–Kier alpha value is -2.43. The molecule has 11 heteroatoms. The van der Waals surface area contributed by atoms with Gasteiger partial charge in [0.2, 0.25) is 0 Å². The first-order valence-corrected chi connectivity index (χ1v) is 12.7. The molecule has 40 heavy (non-hydrogen) atoms. The van der Waals surface area contributed by atoms with Crippen LogP contribution in [0.2, 0.25) is 5.02 Å². The first kappa shape index (κ1) is 32.1. The molecule has 8 nitrogen and oxygen atoms in total. The number of nitrogens with zero attached hydrogens (tertiary/aromatic N) is 3. The summed E-state index contributed by atoms with van der Waals surface area (Å²) < 4.78 is 6.20. The van der Waals surface area contributed by atoms with Crippen LogP contribution < -0.4 is 5.76 Å². The molecule has 2 radical (unpaired) electrons. The Bertz CT molecular complexity index is 1660. The molecule has 0 spiro atoms. The monoisotopic (exact) mass is 574 g/mol. The van der Waals surface area contributed by atoms with Gasteiger partial charge in [-0.1, -0.05) is 85.6 Å². The minimum atomic E-state index is -1.05. The van der Waals surface area contributed by atoms with Crippen molar-refractivity contribution in [2.75, 3.05) is 0 Å². The molecule has 0 saturated carbocycles. The molecule has 0 aliphatic heterocycles. The quantitative estimate of drug-likeness (QED) is 0.228. The van der Waals surface area contributed by atoms with Gasteiger partial charge in [0.25, 0.3) is 0 Å². The van der Waals surface area contributed by atoms with Crippen LogP contribution >= 0.6 is 11.6 Å². The second kappa shape index (κ2) is 14.5. The fourth-order valence-corrected chi connectivity index (χ4v) is 4.75. The number of hydrogen-bond acceptors (Lipinski definition) is 5. The van der Waals surface area contributed by atoms with Crippen LogP contribution in [0, 0.1) is 0 Å². The van der Waals surface area contributed by atoms with E-state index < -0.39 is 11.7 Å². The summed E-state index contributed by atoms with van der Waals surface area (Å²) in [4.78, 5) is 27.8. The number of rotatable bonds is 9. The van der Waals surface area contributed by atoms with Crippen LogP contribution in [0.3, 0.4) is 0 Å². The number of carbonyl (C=O) groups is 1. The maximum absolute atomic E-state index is 12.5. The molecule has 0 unspecified atom stereocenters. The van der Waals surface area contributed by atoms with Crippen LogP contribution in [0.5, 0.6) is 0 Å². The van der Waals surface area contributed by atoms with Gasteiger partial charge in [-0.2, -0.15) is 15.2 Å². The van der Waals surface area contributed by atoms with Crippen LogP contribution in [-0.2, 0) is 12.8 Å². The summed E-state index contributed by atoms with van der Waals surface area (Å²) in [5, 5.41) is 17.9. The third-order valence-electron chi connectivity index (χ3n) is 6.38. The van der Waals surface area contributed by atoms with Crippen LogP contribution in [0.15, 0.2) is 82.1 Å². The van der Waals surface area contributed by atoms with E-state index in [-0.39, 0.29) is 64.8 Å². The molecule has 0 atom stereocenters. The maximum Gasteiger partial charge on any atom is 0.460 e. The van der Waals surface area contributed by atoms with Crippen LogP contribution in [-0.4, -0.2) is 90.1 Å². The number of halogens is 1. The number of H-pyrrole nitrogens is 1. The Morgan fingerprint density at radius 1 is 1.00 bits per heavy atom. The fraction of sp³-hybridized carbons (Fsp3) is 0.172. The molecule has 5 aromatic rings. The standard InChI is InChI=1S/C29H25ClN4O4.2Na/c1-2-3-11-24-22(26(28(35)36)34(32-24)25-12-7-6-10-23(25)30)17-18-13-15-19(16-14-18)20-8-4-5-9-21(20)27-31-29(37)38-33-27;;/h4-10,12-16H,2-3,11,17H2,1H3,(H,35,36)(H,31,33,37);;. The average Bonchev–Trinajstić information content (AvgIpc) is 3.51. The summed E-state index contributed by atoms with van der Waals surface area (Å²) in [6, 6.07) is 22.6. The summed E-state index contributed by atoms with van der Waals surface area (Å²) in [7, 11) is 0. The Morgan fingerprint density at radius 2 is 1.68 bits per heavy atom. The maximum atomic E-state index is 12.5. The molecule has 5 rings (SSSR count). The number of aromatic amines is 1. The Morgan fingerprint density at radius 3 is 2.30 bits per heavy atom. The molecule has 2 N–H and O–H groups in total. The van der Waals surface area contributed by atoms with Crippen molar-refractivity contribution in [2.45, 2.75) is 32.6 Å². The van der Waals surface area contributed by atoms with E-state index in [1.807, 2.05) is 54.6 Å². The van der Waals surface area contributed by atoms with E-state index in [1.54, 1.807) is 18.2 Å². The van der Waals surface area contributed by atoms with E-state index in [4.69, 9.17) is 21.2 Å². The van der Waals surface area contributed by atoms with E-state index in [9.17, 15) is 14.7 Å². The van der Waals surface area contributed by atoms with Crippen molar-refractivity contribution in [1.29, 1.82) is 0 Å². The number of unbranched alkanes of at least 4 members (excludes halogenated alkanes) is 1.